The number of aryl methyl sites for hydroxylation is 1. The lowest BCUT2D eigenvalue weighted by Gasteiger charge is -2.27. The van der Waals surface area contributed by atoms with Crippen LogP contribution in [-0.2, 0) is 10.0 Å². The van der Waals surface area contributed by atoms with Crippen molar-refractivity contribution in [2.45, 2.75) is 30.7 Å². The molecule has 1 aromatic rings. The van der Waals surface area contributed by atoms with Crippen molar-refractivity contribution in [3.8, 4) is 0 Å². The summed E-state index contributed by atoms with van der Waals surface area (Å²) in [6.45, 7) is 6.33. The van der Waals surface area contributed by atoms with E-state index < -0.39 is 10.0 Å². The number of hydrogen-bond donors (Lipinski definition) is 0. The molecule has 2 aliphatic heterocycles. The van der Waals surface area contributed by atoms with Gasteiger partial charge in [0, 0.05) is 38.6 Å². The van der Waals surface area contributed by atoms with Crippen LogP contribution in [0.15, 0.2) is 41.6 Å². The number of nitrogens with zero attached hydrogens (tertiary/aromatic N) is 3. The Bertz CT molecular complexity index is 654. The summed E-state index contributed by atoms with van der Waals surface area (Å²) >= 11 is 0. The van der Waals surface area contributed by atoms with Crippen LogP contribution in [0, 0.1) is 13.6 Å². The van der Waals surface area contributed by atoms with Gasteiger partial charge in [-0.2, -0.15) is 4.31 Å². The lowest BCUT2D eigenvalue weighted by Crippen LogP contribution is -2.41. The molecule has 0 amide bonds. The van der Waals surface area contributed by atoms with Crippen LogP contribution in [0.3, 0.4) is 0 Å². The maximum atomic E-state index is 12.9. The highest BCUT2D eigenvalue weighted by Crippen LogP contribution is 2.27. The van der Waals surface area contributed by atoms with Gasteiger partial charge in [0.05, 0.1) is 4.90 Å². The van der Waals surface area contributed by atoms with Crippen LogP contribution in [-0.4, -0.2) is 48.7 Å². The van der Waals surface area contributed by atoms with E-state index in [1.807, 2.05) is 48.3 Å². The fraction of sp³-hybridized carbons (Fsp3) is 0.438. The summed E-state index contributed by atoms with van der Waals surface area (Å²) < 4.78 is 27.4. The van der Waals surface area contributed by atoms with E-state index in [-0.39, 0.29) is 6.04 Å². The van der Waals surface area contributed by atoms with Crippen LogP contribution < -0.4 is 0 Å². The molecule has 1 unspecified atom stereocenters. The van der Waals surface area contributed by atoms with Crippen molar-refractivity contribution in [2.24, 2.45) is 0 Å². The molecular formula is C16H21N3O2S. The first-order valence-electron chi connectivity index (χ1n) is 7.49. The van der Waals surface area contributed by atoms with E-state index in [0.29, 0.717) is 18.0 Å². The Morgan fingerprint density at radius 3 is 2.59 bits per heavy atom. The van der Waals surface area contributed by atoms with Crippen molar-refractivity contribution in [3.05, 3.63) is 48.9 Å². The Kier molecular flexibility index (Phi) is 4.14. The summed E-state index contributed by atoms with van der Waals surface area (Å²) in [5.41, 5.74) is 1.06. The Morgan fingerprint density at radius 1 is 1.23 bits per heavy atom. The van der Waals surface area contributed by atoms with Gasteiger partial charge in [0.2, 0.25) is 16.7 Å². The molecule has 1 atom stereocenters. The zero-order valence-corrected chi connectivity index (χ0v) is 13.8. The van der Waals surface area contributed by atoms with Gasteiger partial charge in [-0.3, -0.25) is 0 Å². The third-order valence-corrected chi connectivity index (χ3v) is 6.08. The summed E-state index contributed by atoms with van der Waals surface area (Å²) in [6, 6.07) is 7.08. The zero-order chi connectivity index (χ0) is 15.7. The van der Waals surface area contributed by atoms with E-state index >= 15 is 0 Å². The molecule has 2 radical (unpaired) electrons. The zero-order valence-electron chi connectivity index (χ0n) is 12.9. The first-order chi connectivity index (χ1) is 10.5. The van der Waals surface area contributed by atoms with Gasteiger partial charge in [-0.15, -0.1) is 0 Å². The highest BCUT2D eigenvalue weighted by molar-refractivity contribution is 7.89. The molecule has 22 heavy (non-hydrogen) atoms. The minimum atomic E-state index is -3.42. The van der Waals surface area contributed by atoms with E-state index in [1.54, 1.807) is 16.4 Å². The van der Waals surface area contributed by atoms with E-state index in [2.05, 4.69) is 6.67 Å². The quantitative estimate of drug-likeness (QED) is 0.850. The number of benzene rings is 1. The Morgan fingerprint density at radius 2 is 1.95 bits per heavy atom. The van der Waals surface area contributed by atoms with Crippen LogP contribution in [0.1, 0.15) is 18.4 Å². The molecule has 0 aromatic heterocycles. The molecule has 2 aliphatic rings. The van der Waals surface area contributed by atoms with Gasteiger partial charge >= 0.3 is 0 Å². The molecule has 0 saturated carbocycles. The topological polar surface area (TPSA) is 43.9 Å². The largest absolute Gasteiger partial charge is 0.349 e. The van der Waals surface area contributed by atoms with Gasteiger partial charge in [-0.1, -0.05) is 17.7 Å². The molecule has 0 spiro atoms. The molecule has 1 saturated heterocycles. The average molecular weight is 319 g/mol. The molecule has 6 heteroatoms. The predicted molar refractivity (Wildman–Crippen MR) is 84.9 cm³/mol. The van der Waals surface area contributed by atoms with Crippen LogP contribution >= 0.6 is 0 Å². The van der Waals surface area contributed by atoms with Crippen LogP contribution in [0.25, 0.3) is 0 Å². The Labute approximate surface area is 132 Å². The number of rotatable bonds is 4. The van der Waals surface area contributed by atoms with Crippen molar-refractivity contribution in [1.29, 1.82) is 0 Å². The summed E-state index contributed by atoms with van der Waals surface area (Å²) in [5, 5.41) is 0. The van der Waals surface area contributed by atoms with Crippen molar-refractivity contribution in [2.75, 3.05) is 20.1 Å². The van der Waals surface area contributed by atoms with Crippen LogP contribution in [0.4, 0.5) is 0 Å². The van der Waals surface area contributed by atoms with E-state index in [4.69, 9.17) is 0 Å². The molecule has 2 heterocycles. The van der Waals surface area contributed by atoms with Crippen molar-refractivity contribution in [3.63, 3.8) is 0 Å². The lowest BCUT2D eigenvalue weighted by molar-refractivity contribution is 0.291. The van der Waals surface area contributed by atoms with Crippen molar-refractivity contribution < 1.29 is 8.42 Å². The second kappa shape index (κ2) is 5.93. The smallest absolute Gasteiger partial charge is 0.243 e. The lowest BCUT2D eigenvalue weighted by atomic mass is 10.2. The second-order valence-electron chi connectivity index (χ2n) is 5.89. The maximum absolute atomic E-state index is 12.9. The molecular weight excluding hydrogens is 298 g/mol. The molecule has 5 nitrogen and oxygen atoms in total. The predicted octanol–water partition coefficient (Wildman–Crippen LogP) is 1.86. The third-order valence-electron chi connectivity index (χ3n) is 4.11. The van der Waals surface area contributed by atoms with Gasteiger partial charge in [0.15, 0.2) is 0 Å². The first kappa shape index (κ1) is 15.4. The highest BCUT2D eigenvalue weighted by atomic mass is 32.2. The minimum absolute atomic E-state index is 0.00467. The van der Waals surface area contributed by atoms with E-state index in [0.717, 1.165) is 18.4 Å². The van der Waals surface area contributed by atoms with Gasteiger partial charge in [0.25, 0.3) is 0 Å². The SMILES string of the molecule is Cc1ccc(S(=O)(=O)N2CCCC2CN2[C]N(C)C=C2)cc1. The molecule has 0 aliphatic carbocycles. The van der Waals surface area contributed by atoms with Gasteiger partial charge in [0.1, 0.15) is 0 Å². The summed E-state index contributed by atoms with van der Waals surface area (Å²) in [4.78, 5) is 4.15. The number of sulfonamides is 1. The third kappa shape index (κ3) is 2.98. The second-order valence-corrected chi connectivity index (χ2v) is 7.78. The molecule has 1 fully saturated rings. The molecule has 1 aromatic carbocycles. The Hall–Kier alpha value is -1.53. The standard InChI is InChI=1S/C16H21N3O2S/c1-14-5-7-16(8-6-14)22(20,21)19-9-3-4-15(19)12-18-11-10-17(2)13-18/h5-8,10-11,15H,3-4,9,12H2,1-2H3. The first-order valence-corrected chi connectivity index (χ1v) is 8.93. The average Bonchev–Trinajstić information content (AvgIpc) is 3.09. The fourth-order valence-electron chi connectivity index (χ4n) is 2.93. The molecule has 3 rings (SSSR count). The van der Waals surface area contributed by atoms with E-state index in [1.165, 1.54) is 0 Å². The molecule has 0 bridgehead atoms. The normalized spacial score (nSPS) is 22.7. The summed E-state index contributed by atoms with van der Waals surface area (Å²) in [5.74, 6) is 0. The minimum Gasteiger partial charge on any atom is -0.349 e. The van der Waals surface area contributed by atoms with Crippen molar-refractivity contribution in [1.82, 2.24) is 14.1 Å². The molecule has 0 N–H and O–H groups in total. The summed E-state index contributed by atoms with van der Waals surface area (Å²) in [6.07, 6.45) is 5.63. The van der Waals surface area contributed by atoms with Crippen LogP contribution in [0.2, 0.25) is 0 Å². The van der Waals surface area contributed by atoms with Gasteiger partial charge < -0.3 is 9.80 Å². The van der Waals surface area contributed by atoms with E-state index in [9.17, 15) is 8.42 Å². The number of hydrogen-bond acceptors (Lipinski definition) is 4. The van der Waals surface area contributed by atoms with Crippen molar-refractivity contribution >= 4 is 10.0 Å². The van der Waals surface area contributed by atoms with Crippen LogP contribution in [0.5, 0.6) is 0 Å². The maximum Gasteiger partial charge on any atom is 0.243 e. The Balaban J connectivity index is 1.77. The highest BCUT2D eigenvalue weighted by Gasteiger charge is 2.36. The van der Waals surface area contributed by atoms with Gasteiger partial charge in [-0.05, 0) is 31.9 Å². The van der Waals surface area contributed by atoms with Gasteiger partial charge in [-0.25, -0.2) is 8.42 Å². The molecule has 118 valence electrons. The fourth-order valence-corrected chi connectivity index (χ4v) is 4.62. The summed E-state index contributed by atoms with van der Waals surface area (Å²) in [7, 11) is -1.51. The monoisotopic (exact) mass is 319 g/mol.